The second kappa shape index (κ2) is 13.5. The van der Waals surface area contributed by atoms with E-state index in [4.69, 9.17) is 18.9 Å². The minimum atomic E-state index is -1.22. The Balaban J connectivity index is 1.12. The summed E-state index contributed by atoms with van der Waals surface area (Å²) in [4.78, 5) is 40.7. The van der Waals surface area contributed by atoms with Gasteiger partial charge in [-0.05, 0) is 78.9 Å². The van der Waals surface area contributed by atoms with E-state index in [0.29, 0.717) is 12.8 Å². The molecule has 0 aromatic heterocycles. The van der Waals surface area contributed by atoms with Gasteiger partial charge in [-0.2, -0.15) is 0 Å². The number of hydrogen-bond donors (Lipinski definition) is 1. The van der Waals surface area contributed by atoms with E-state index in [1.807, 2.05) is 60.7 Å². The molecule has 48 heavy (non-hydrogen) atoms. The molecule has 8 nitrogen and oxygen atoms in total. The van der Waals surface area contributed by atoms with Gasteiger partial charge in [-0.1, -0.05) is 93.6 Å². The fourth-order valence-electron chi connectivity index (χ4n) is 8.64. The number of epoxide rings is 1. The molecule has 2 aromatic carbocycles. The van der Waals surface area contributed by atoms with Gasteiger partial charge in [0.25, 0.3) is 0 Å². The molecule has 1 unspecified atom stereocenters. The average Bonchev–Trinajstić information content (AvgIpc) is 3.82. The average molecular weight is 657 g/mol. The lowest BCUT2D eigenvalue weighted by atomic mass is 9.46. The Labute approximate surface area is 283 Å². The number of ketones is 2. The minimum absolute atomic E-state index is 0.0163. The maximum Gasteiger partial charge on any atom is 0.338 e. The Hall–Kier alpha value is -3.43. The first kappa shape index (κ1) is 34.4. The van der Waals surface area contributed by atoms with Gasteiger partial charge in [0.05, 0.1) is 25.4 Å². The van der Waals surface area contributed by atoms with Crippen LogP contribution in [0.1, 0.15) is 70.9 Å². The summed E-state index contributed by atoms with van der Waals surface area (Å²) >= 11 is 0. The summed E-state index contributed by atoms with van der Waals surface area (Å²) in [6.07, 6.45) is 1.97. The monoisotopic (exact) mass is 656 g/mol. The molecule has 2 aromatic rings. The van der Waals surface area contributed by atoms with Crippen LogP contribution >= 0.6 is 0 Å². The van der Waals surface area contributed by atoms with Crippen LogP contribution in [-0.4, -0.2) is 59.3 Å². The Morgan fingerprint density at radius 1 is 0.958 bits per heavy atom. The number of aliphatic hydroxyl groups is 1. The van der Waals surface area contributed by atoms with Crippen LogP contribution in [0.3, 0.4) is 0 Å². The molecule has 3 aliphatic carbocycles. The van der Waals surface area contributed by atoms with Crippen LogP contribution in [-0.2, 0) is 46.5 Å². The van der Waals surface area contributed by atoms with Gasteiger partial charge in [-0.25, -0.2) is 4.79 Å². The zero-order chi connectivity index (χ0) is 34.3. The summed E-state index contributed by atoms with van der Waals surface area (Å²) < 4.78 is 23.7. The van der Waals surface area contributed by atoms with Crippen molar-refractivity contribution in [3.8, 4) is 0 Å². The third-order valence-corrected chi connectivity index (χ3v) is 11.7. The fraction of sp³-hybridized carbons (Fsp3) is 0.525. The lowest BCUT2D eigenvalue weighted by Gasteiger charge is -2.59. The van der Waals surface area contributed by atoms with Crippen molar-refractivity contribution in [1.29, 1.82) is 0 Å². The second-order valence-electron chi connectivity index (χ2n) is 15.0. The van der Waals surface area contributed by atoms with Crippen molar-refractivity contribution in [1.82, 2.24) is 0 Å². The number of hydrogen-bond acceptors (Lipinski definition) is 8. The van der Waals surface area contributed by atoms with Gasteiger partial charge in [-0.3, -0.25) is 9.59 Å². The zero-order valence-electron chi connectivity index (χ0n) is 28.5. The van der Waals surface area contributed by atoms with Crippen molar-refractivity contribution in [3.05, 3.63) is 95.6 Å². The Morgan fingerprint density at radius 3 is 2.23 bits per heavy atom. The molecule has 0 bridgehead atoms. The first-order chi connectivity index (χ1) is 22.9. The van der Waals surface area contributed by atoms with Gasteiger partial charge in [0.1, 0.15) is 6.61 Å². The van der Waals surface area contributed by atoms with Crippen molar-refractivity contribution in [2.45, 2.75) is 103 Å². The summed E-state index contributed by atoms with van der Waals surface area (Å²) in [7, 11) is 0. The highest BCUT2D eigenvalue weighted by molar-refractivity contribution is 6.18. The highest BCUT2D eigenvalue weighted by Crippen LogP contribution is 2.64. The minimum Gasteiger partial charge on any atom is -0.459 e. The lowest BCUT2D eigenvalue weighted by Crippen LogP contribution is -2.55. The molecule has 1 aliphatic heterocycles. The quantitative estimate of drug-likeness (QED) is 0.166. The van der Waals surface area contributed by atoms with E-state index in [9.17, 15) is 19.5 Å². The lowest BCUT2D eigenvalue weighted by molar-refractivity contribution is -0.169. The fourth-order valence-corrected chi connectivity index (χ4v) is 8.64. The number of esters is 1. The van der Waals surface area contributed by atoms with Crippen LogP contribution in [0.2, 0.25) is 0 Å². The van der Waals surface area contributed by atoms with Crippen molar-refractivity contribution >= 4 is 17.5 Å². The maximum atomic E-state index is 13.7. The number of Topliss-reactive ketones (excluding diaryl/α,β-unsaturated/α-hetero) is 1. The second-order valence-corrected chi connectivity index (χ2v) is 15.0. The summed E-state index contributed by atoms with van der Waals surface area (Å²) in [5.41, 5.74) is 1.39. The van der Waals surface area contributed by atoms with E-state index in [2.05, 4.69) is 27.4 Å². The number of ether oxygens (including phenoxy) is 4. The molecule has 3 fully saturated rings. The molecular formula is C40H48O8. The van der Waals surface area contributed by atoms with Crippen LogP contribution in [0.5, 0.6) is 0 Å². The number of benzene rings is 2. The zero-order valence-corrected chi connectivity index (χ0v) is 28.5. The number of aliphatic hydroxyl groups excluding tert-OH is 1. The van der Waals surface area contributed by atoms with E-state index in [-0.39, 0.29) is 65.7 Å². The molecule has 8 atom stereocenters. The van der Waals surface area contributed by atoms with Crippen LogP contribution in [0, 0.1) is 22.7 Å². The molecule has 0 spiro atoms. The van der Waals surface area contributed by atoms with E-state index in [1.165, 1.54) is 6.08 Å². The summed E-state index contributed by atoms with van der Waals surface area (Å²) in [5.74, 6) is -1.05. The molecule has 2 saturated carbocycles. The molecule has 1 N–H and O–H groups in total. The van der Waals surface area contributed by atoms with Crippen LogP contribution < -0.4 is 0 Å². The van der Waals surface area contributed by atoms with Gasteiger partial charge >= 0.3 is 5.97 Å². The summed E-state index contributed by atoms with van der Waals surface area (Å²) in [6, 6.07) is 19.1. The van der Waals surface area contributed by atoms with Crippen LogP contribution in [0.25, 0.3) is 0 Å². The number of carbonyl (C=O) groups is 3. The van der Waals surface area contributed by atoms with Gasteiger partial charge in [0.2, 0.25) is 0 Å². The molecular weight excluding hydrogens is 608 g/mol. The molecule has 8 heteroatoms. The molecule has 1 saturated heterocycles. The highest BCUT2D eigenvalue weighted by Gasteiger charge is 2.70. The Bertz CT molecular complexity index is 1560. The van der Waals surface area contributed by atoms with Crippen molar-refractivity contribution in [2.75, 3.05) is 6.61 Å². The Kier molecular flexibility index (Phi) is 9.66. The van der Waals surface area contributed by atoms with Crippen molar-refractivity contribution in [3.63, 3.8) is 0 Å². The first-order valence-corrected chi connectivity index (χ1v) is 17.2. The van der Waals surface area contributed by atoms with E-state index in [0.717, 1.165) is 36.0 Å². The maximum absolute atomic E-state index is 13.7. The van der Waals surface area contributed by atoms with E-state index < -0.39 is 29.9 Å². The predicted octanol–water partition coefficient (Wildman–Crippen LogP) is 6.10. The number of allylic oxidation sites excluding steroid dienone is 1. The van der Waals surface area contributed by atoms with Gasteiger partial charge in [0, 0.05) is 5.57 Å². The number of fused-ring (bicyclic) bond motifs is 2. The molecule has 4 aliphatic rings. The number of carbonyl (C=O) groups excluding carboxylic acids is 3. The molecule has 0 amide bonds. The highest BCUT2D eigenvalue weighted by atomic mass is 16.6. The van der Waals surface area contributed by atoms with Gasteiger partial charge in [0.15, 0.2) is 29.4 Å². The smallest absolute Gasteiger partial charge is 0.338 e. The molecule has 1 heterocycles. The van der Waals surface area contributed by atoms with E-state index >= 15 is 0 Å². The van der Waals surface area contributed by atoms with Crippen LogP contribution in [0.15, 0.2) is 84.5 Å². The Morgan fingerprint density at radius 2 is 1.58 bits per heavy atom. The third kappa shape index (κ3) is 6.48. The third-order valence-electron chi connectivity index (χ3n) is 11.7. The topological polar surface area (TPSA) is 112 Å². The van der Waals surface area contributed by atoms with Crippen molar-refractivity contribution < 1.29 is 38.4 Å². The SMILES string of the molecule is C=C1CCC2C(C)(C)[C@H](O)CC[C@]2(C)[C@H]1C[C@]12O[C@H]1C(=O)C(COC(=O)[C@H](OCc1ccccc1)[C@H](C)OCc1ccccc1)=CC2=O. The summed E-state index contributed by atoms with van der Waals surface area (Å²) in [6.45, 7) is 12.8. The first-order valence-electron chi connectivity index (χ1n) is 17.2. The number of rotatable bonds is 12. The molecule has 256 valence electrons. The van der Waals surface area contributed by atoms with Gasteiger partial charge in [-0.15, -0.1) is 0 Å². The standard InChI is InChI=1S/C40H48O8/c1-25-16-17-31-38(3,4)32(41)18-19-39(31,5)30(25)21-40-33(42)20-29(34(43)36(40)48-40)24-47-37(44)35(46-23-28-14-10-7-11-15-28)26(2)45-22-27-12-8-6-9-13-27/h6-15,20,26,30-32,35-36,41H,1,16-19,21-24H2,2-5H3/t26-,30-,31?,32+,35+,36-,39+,40+/m0/s1. The molecule has 6 rings (SSSR count). The van der Waals surface area contributed by atoms with Crippen molar-refractivity contribution in [2.24, 2.45) is 22.7 Å². The molecule has 0 radical (unpaired) electrons. The predicted molar refractivity (Wildman–Crippen MR) is 179 cm³/mol. The van der Waals surface area contributed by atoms with Gasteiger partial charge < -0.3 is 24.1 Å². The van der Waals surface area contributed by atoms with E-state index in [1.54, 1.807) is 6.92 Å². The largest absolute Gasteiger partial charge is 0.459 e. The van der Waals surface area contributed by atoms with Crippen LogP contribution in [0.4, 0.5) is 0 Å². The summed E-state index contributed by atoms with van der Waals surface area (Å²) in [5, 5.41) is 10.8. The normalized spacial score (nSPS) is 32.0.